The molecule has 0 saturated carbocycles. The van der Waals surface area contributed by atoms with Gasteiger partial charge in [-0.2, -0.15) is 0 Å². The molecule has 0 atom stereocenters. The molecule has 7 heteroatoms. The van der Waals surface area contributed by atoms with Crippen LogP contribution in [-0.2, 0) is 10.3 Å². The highest BCUT2D eigenvalue weighted by Gasteiger charge is 2.35. The molecule has 1 aromatic carbocycles. The molecule has 0 aliphatic carbocycles. The third kappa shape index (κ3) is 2.18. The Bertz CT molecular complexity index is 769. The molecule has 7 nitrogen and oxygen atoms in total. The van der Waals surface area contributed by atoms with E-state index in [1.54, 1.807) is 6.07 Å². The number of oxazole rings is 1. The lowest BCUT2D eigenvalue weighted by atomic mass is 10.1. The van der Waals surface area contributed by atoms with Gasteiger partial charge in [0.15, 0.2) is 5.58 Å². The Morgan fingerprint density at radius 1 is 1.32 bits per heavy atom. The second-order valence-corrected chi connectivity index (χ2v) is 5.93. The number of carboxylic acids is 1. The van der Waals surface area contributed by atoms with Gasteiger partial charge >= 0.3 is 11.7 Å². The standard InChI is InChI=1S/C15H19N3O4/c1-15(2,13(19)20)18-12-10(17-8-6-16-7-9-17)4-3-5-11(12)22-14(18)21/h3-5,16H,6-9H2,1-2H3,(H,19,20). The maximum atomic E-state index is 12.2. The normalized spacial score (nSPS) is 16.2. The van der Waals surface area contributed by atoms with Crippen LogP contribution in [-0.4, -0.2) is 41.8 Å². The predicted molar refractivity (Wildman–Crippen MR) is 82.5 cm³/mol. The number of carboxylic acid groups (broad SMARTS) is 1. The highest BCUT2D eigenvalue weighted by Crippen LogP contribution is 2.30. The molecule has 2 N–H and O–H groups in total. The van der Waals surface area contributed by atoms with Crippen LogP contribution in [0.3, 0.4) is 0 Å². The molecule has 1 fully saturated rings. The van der Waals surface area contributed by atoms with Crippen molar-refractivity contribution in [2.75, 3.05) is 31.1 Å². The van der Waals surface area contributed by atoms with Crippen LogP contribution in [0.25, 0.3) is 11.1 Å². The minimum absolute atomic E-state index is 0.412. The molecule has 1 aliphatic rings. The first kappa shape index (κ1) is 14.6. The lowest BCUT2D eigenvalue weighted by Gasteiger charge is -2.31. The molecular weight excluding hydrogens is 286 g/mol. The van der Waals surface area contributed by atoms with Crippen LogP contribution in [0.4, 0.5) is 5.69 Å². The van der Waals surface area contributed by atoms with Gasteiger partial charge in [-0.1, -0.05) is 6.07 Å². The van der Waals surface area contributed by atoms with E-state index in [4.69, 9.17) is 4.42 Å². The highest BCUT2D eigenvalue weighted by molar-refractivity contribution is 5.90. The zero-order chi connectivity index (χ0) is 15.9. The molecule has 22 heavy (non-hydrogen) atoms. The van der Waals surface area contributed by atoms with Gasteiger partial charge in [-0.05, 0) is 26.0 Å². The Balaban J connectivity index is 2.26. The maximum absolute atomic E-state index is 12.2. The molecule has 0 bridgehead atoms. The van der Waals surface area contributed by atoms with E-state index < -0.39 is 17.3 Å². The van der Waals surface area contributed by atoms with Crippen molar-refractivity contribution in [2.45, 2.75) is 19.4 Å². The van der Waals surface area contributed by atoms with E-state index in [1.165, 1.54) is 18.4 Å². The fourth-order valence-electron chi connectivity index (χ4n) is 2.81. The van der Waals surface area contributed by atoms with Crippen molar-refractivity contribution in [3.8, 4) is 0 Å². The zero-order valence-corrected chi connectivity index (χ0v) is 12.6. The topological polar surface area (TPSA) is 87.7 Å². The molecule has 1 aliphatic heterocycles. The van der Waals surface area contributed by atoms with Crippen molar-refractivity contribution < 1.29 is 14.3 Å². The van der Waals surface area contributed by atoms with Crippen molar-refractivity contribution in [1.82, 2.24) is 9.88 Å². The van der Waals surface area contributed by atoms with Crippen LogP contribution in [0.5, 0.6) is 0 Å². The lowest BCUT2D eigenvalue weighted by molar-refractivity contribution is -0.145. The number of aromatic nitrogens is 1. The van der Waals surface area contributed by atoms with Crippen LogP contribution in [0.2, 0.25) is 0 Å². The van der Waals surface area contributed by atoms with Gasteiger partial charge in [0.05, 0.1) is 5.69 Å². The predicted octanol–water partition coefficient (Wildman–Crippen LogP) is 0.824. The molecular formula is C15H19N3O4. The first-order chi connectivity index (χ1) is 10.4. The van der Waals surface area contributed by atoms with E-state index in [1.807, 2.05) is 12.1 Å². The number of fused-ring (bicyclic) bond motifs is 1. The summed E-state index contributed by atoms with van der Waals surface area (Å²) in [7, 11) is 0. The van der Waals surface area contributed by atoms with E-state index in [9.17, 15) is 14.7 Å². The Kier molecular flexibility index (Phi) is 3.44. The first-order valence-corrected chi connectivity index (χ1v) is 7.27. The molecule has 0 spiro atoms. The van der Waals surface area contributed by atoms with Crippen molar-refractivity contribution in [1.29, 1.82) is 0 Å². The van der Waals surface area contributed by atoms with Crippen molar-refractivity contribution in [3.63, 3.8) is 0 Å². The van der Waals surface area contributed by atoms with Crippen molar-refractivity contribution in [3.05, 3.63) is 28.7 Å². The average Bonchev–Trinajstić information content (AvgIpc) is 2.84. The summed E-state index contributed by atoms with van der Waals surface area (Å²) in [6.07, 6.45) is 0. The number of aliphatic carboxylic acids is 1. The van der Waals surface area contributed by atoms with E-state index in [0.717, 1.165) is 31.9 Å². The first-order valence-electron chi connectivity index (χ1n) is 7.27. The largest absolute Gasteiger partial charge is 0.480 e. The number of nitrogens with zero attached hydrogens (tertiary/aromatic N) is 2. The Morgan fingerprint density at radius 3 is 2.64 bits per heavy atom. The number of anilines is 1. The van der Waals surface area contributed by atoms with Crippen LogP contribution in [0, 0.1) is 0 Å². The zero-order valence-electron chi connectivity index (χ0n) is 12.6. The molecule has 0 radical (unpaired) electrons. The summed E-state index contributed by atoms with van der Waals surface area (Å²) in [5.74, 6) is -1.72. The van der Waals surface area contributed by atoms with E-state index in [-0.39, 0.29) is 0 Å². The number of piperazine rings is 1. The number of carbonyl (C=O) groups is 1. The highest BCUT2D eigenvalue weighted by atomic mass is 16.4. The summed E-state index contributed by atoms with van der Waals surface area (Å²) in [6.45, 7) is 6.29. The Labute approximate surface area is 127 Å². The summed E-state index contributed by atoms with van der Waals surface area (Å²) >= 11 is 0. The van der Waals surface area contributed by atoms with E-state index >= 15 is 0 Å². The number of nitrogens with one attached hydrogen (secondary N) is 1. The number of para-hydroxylation sites is 1. The number of rotatable bonds is 3. The number of benzene rings is 1. The summed E-state index contributed by atoms with van der Waals surface area (Å²) in [5.41, 5.74) is 0.406. The monoisotopic (exact) mass is 305 g/mol. The molecule has 118 valence electrons. The van der Waals surface area contributed by atoms with Gasteiger partial charge in [0.25, 0.3) is 0 Å². The third-order valence-electron chi connectivity index (χ3n) is 4.12. The smallest absolute Gasteiger partial charge is 0.421 e. The summed E-state index contributed by atoms with van der Waals surface area (Å²) in [5, 5.41) is 12.7. The van der Waals surface area contributed by atoms with Gasteiger partial charge in [-0.25, -0.2) is 9.59 Å². The summed E-state index contributed by atoms with van der Waals surface area (Å²) in [4.78, 5) is 25.9. The van der Waals surface area contributed by atoms with Crippen molar-refractivity contribution in [2.24, 2.45) is 0 Å². The quantitative estimate of drug-likeness (QED) is 0.873. The van der Waals surface area contributed by atoms with E-state index in [0.29, 0.717) is 11.1 Å². The summed E-state index contributed by atoms with van der Waals surface area (Å²) in [6, 6.07) is 5.41. The van der Waals surface area contributed by atoms with Crippen LogP contribution >= 0.6 is 0 Å². The van der Waals surface area contributed by atoms with Gasteiger partial charge in [0.1, 0.15) is 11.1 Å². The third-order valence-corrected chi connectivity index (χ3v) is 4.12. The van der Waals surface area contributed by atoms with E-state index in [2.05, 4.69) is 10.2 Å². The fraction of sp³-hybridized carbons (Fsp3) is 0.467. The number of hydrogen-bond donors (Lipinski definition) is 2. The minimum Gasteiger partial charge on any atom is -0.480 e. The number of hydrogen-bond acceptors (Lipinski definition) is 5. The molecule has 1 aromatic heterocycles. The van der Waals surface area contributed by atoms with Gasteiger partial charge in [0.2, 0.25) is 0 Å². The minimum atomic E-state index is -1.38. The van der Waals surface area contributed by atoms with Crippen LogP contribution in [0.1, 0.15) is 13.8 Å². The molecule has 1 saturated heterocycles. The SMILES string of the molecule is CC(C)(C(=O)O)n1c(=O)oc2cccc(N3CCNCC3)c21. The molecule has 2 aromatic rings. The van der Waals surface area contributed by atoms with Gasteiger partial charge in [-0.3, -0.25) is 4.57 Å². The molecule has 3 rings (SSSR count). The van der Waals surface area contributed by atoms with Gasteiger partial charge in [0, 0.05) is 26.2 Å². The Morgan fingerprint density at radius 2 is 2.00 bits per heavy atom. The lowest BCUT2D eigenvalue weighted by Crippen LogP contribution is -2.45. The maximum Gasteiger partial charge on any atom is 0.421 e. The molecule has 2 heterocycles. The average molecular weight is 305 g/mol. The molecule has 0 unspecified atom stereocenters. The molecule has 0 amide bonds. The summed E-state index contributed by atoms with van der Waals surface area (Å²) < 4.78 is 6.51. The Hall–Kier alpha value is -2.28. The van der Waals surface area contributed by atoms with Crippen LogP contribution in [0.15, 0.2) is 27.4 Å². The fourth-order valence-corrected chi connectivity index (χ4v) is 2.81. The van der Waals surface area contributed by atoms with Gasteiger partial charge in [-0.15, -0.1) is 0 Å². The second kappa shape index (κ2) is 5.17. The second-order valence-electron chi connectivity index (χ2n) is 5.93. The van der Waals surface area contributed by atoms with Gasteiger partial charge < -0.3 is 19.7 Å². The van der Waals surface area contributed by atoms with Crippen molar-refractivity contribution >= 4 is 22.8 Å². The van der Waals surface area contributed by atoms with Crippen LogP contribution < -0.4 is 16.0 Å².